The van der Waals surface area contributed by atoms with E-state index < -0.39 is 10.8 Å². The molecule has 0 aromatic heterocycles. The van der Waals surface area contributed by atoms with Gasteiger partial charge >= 0.3 is 0 Å². The van der Waals surface area contributed by atoms with E-state index in [1.165, 1.54) is 11.1 Å². The number of benzene rings is 1. The van der Waals surface area contributed by atoms with Crippen LogP contribution in [0.3, 0.4) is 0 Å². The van der Waals surface area contributed by atoms with Crippen LogP contribution in [0.2, 0.25) is 0 Å². The van der Waals surface area contributed by atoms with Gasteiger partial charge in [-0.2, -0.15) is 0 Å². The number of rotatable bonds is 6. The predicted octanol–water partition coefficient (Wildman–Crippen LogP) is 1.78. The van der Waals surface area contributed by atoms with Crippen molar-refractivity contribution in [2.24, 2.45) is 5.41 Å². The zero-order chi connectivity index (χ0) is 16.5. The lowest BCUT2D eigenvalue weighted by atomic mass is 9.89. The second-order valence-electron chi connectivity index (χ2n) is 7.25. The summed E-state index contributed by atoms with van der Waals surface area (Å²) in [5.41, 5.74) is 2.37. The predicted molar refractivity (Wildman–Crippen MR) is 86.7 cm³/mol. The number of hydrogen-bond acceptors (Lipinski definition) is 3. The molecule has 0 unspecified atom stereocenters. The van der Waals surface area contributed by atoms with Crippen LogP contribution in [0.1, 0.15) is 36.5 Å². The summed E-state index contributed by atoms with van der Waals surface area (Å²) in [7, 11) is 1.76. The summed E-state index contributed by atoms with van der Waals surface area (Å²) in [6.45, 7) is 5.96. The minimum absolute atomic E-state index is 0.0885. The van der Waals surface area contributed by atoms with Crippen molar-refractivity contribution in [2.45, 2.75) is 39.0 Å². The molecular formula is C18H27NO3. The molecule has 0 saturated heterocycles. The molecule has 1 aromatic rings. The molecule has 0 aliphatic heterocycles. The molecule has 4 heteroatoms. The molecule has 0 atom stereocenters. The first-order valence-electron chi connectivity index (χ1n) is 7.82. The number of aliphatic hydroxyl groups is 2. The maximum Gasteiger partial charge on any atom is 0.232 e. The van der Waals surface area contributed by atoms with Crippen LogP contribution in [0, 0.1) is 19.3 Å². The number of aryl methyl sites for hydroxylation is 2. The smallest absolute Gasteiger partial charge is 0.232 e. The largest absolute Gasteiger partial charge is 0.396 e. The van der Waals surface area contributed by atoms with Crippen molar-refractivity contribution in [2.75, 3.05) is 26.8 Å². The number of carbonyl (C=O) groups excluding carboxylic acids is 1. The van der Waals surface area contributed by atoms with Gasteiger partial charge in [0.2, 0.25) is 5.91 Å². The van der Waals surface area contributed by atoms with Crippen molar-refractivity contribution < 1.29 is 15.0 Å². The Bertz CT molecular complexity index is 539. The van der Waals surface area contributed by atoms with Crippen molar-refractivity contribution in [1.82, 2.24) is 4.90 Å². The molecule has 122 valence electrons. The summed E-state index contributed by atoms with van der Waals surface area (Å²) < 4.78 is 0. The number of likely N-dealkylation sites (N-methyl/N-ethyl adjacent to an activating group) is 1. The van der Waals surface area contributed by atoms with Crippen molar-refractivity contribution >= 4 is 5.91 Å². The van der Waals surface area contributed by atoms with Crippen LogP contribution >= 0.6 is 0 Å². The molecular weight excluding hydrogens is 278 g/mol. The highest BCUT2D eigenvalue weighted by Crippen LogP contribution is 2.50. The lowest BCUT2D eigenvalue weighted by molar-refractivity contribution is -0.134. The topological polar surface area (TPSA) is 60.8 Å². The lowest BCUT2D eigenvalue weighted by Crippen LogP contribution is -2.45. The molecule has 1 aliphatic carbocycles. The van der Waals surface area contributed by atoms with E-state index >= 15 is 0 Å². The van der Waals surface area contributed by atoms with Gasteiger partial charge in [-0.1, -0.05) is 36.2 Å². The van der Waals surface area contributed by atoms with E-state index in [2.05, 4.69) is 32.0 Å². The molecule has 0 spiro atoms. The minimum Gasteiger partial charge on any atom is -0.396 e. The number of nitrogens with zero attached hydrogens (tertiary/aromatic N) is 1. The first kappa shape index (κ1) is 17.0. The fourth-order valence-electron chi connectivity index (χ4n) is 3.16. The van der Waals surface area contributed by atoms with Crippen LogP contribution in [-0.4, -0.2) is 47.8 Å². The molecule has 0 heterocycles. The van der Waals surface area contributed by atoms with E-state index in [0.29, 0.717) is 6.54 Å². The highest BCUT2D eigenvalue weighted by atomic mass is 16.3. The quantitative estimate of drug-likeness (QED) is 0.842. The van der Waals surface area contributed by atoms with E-state index in [0.717, 1.165) is 18.4 Å². The Balaban J connectivity index is 2.21. The van der Waals surface area contributed by atoms with Gasteiger partial charge in [0.05, 0.1) is 18.6 Å². The highest BCUT2D eigenvalue weighted by Gasteiger charge is 2.53. The van der Waals surface area contributed by atoms with Gasteiger partial charge in [0.1, 0.15) is 0 Å². The third-order valence-electron chi connectivity index (χ3n) is 4.66. The van der Waals surface area contributed by atoms with Crippen LogP contribution in [-0.2, 0) is 10.2 Å². The third-order valence-corrected chi connectivity index (χ3v) is 4.66. The summed E-state index contributed by atoms with van der Waals surface area (Å²) >= 11 is 0. The molecule has 1 fully saturated rings. The van der Waals surface area contributed by atoms with Gasteiger partial charge in [0.25, 0.3) is 0 Å². The number of aliphatic hydroxyl groups excluding tert-OH is 2. The second kappa shape index (κ2) is 6.01. The standard InChI is InChI=1S/C18H27NO3/c1-13-7-14(2)9-15(8-13)18(5-6-18)16(22)19(4)10-17(3,11-20)12-21/h7-9,20-21H,5-6,10-12H2,1-4H3. The van der Waals surface area contributed by atoms with Gasteiger partial charge in [-0.15, -0.1) is 0 Å². The fourth-order valence-corrected chi connectivity index (χ4v) is 3.16. The molecule has 0 bridgehead atoms. The Morgan fingerprint density at radius 3 is 2.09 bits per heavy atom. The van der Waals surface area contributed by atoms with Crippen molar-refractivity contribution in [3.8, 4) is 0 Å². The van der Waals surface area contributed by atoms with E-state index in [1.807, 2.05) is 0 Å². The number of carbonyl (C=O) groups is 1. The molecule has 1 aromatic carbocycles. The summed E-state index contributed by atoms with van der Waals surface area (Å²) in [5, 5.41) is 18.9. The van der Waals surface area contributed by atoms with Crippen molar-refractivity contribution in [1.29, 1.82) is 0 Å². The van der Waals surface area contributed by atoms with Gasteiger partial charge < -0.3 is 15.1 Å². The zero-order valence-electron chi connectivity index (χ0n) is 14.0. The summed E-state index contributed by atoms with van der Waals surface area (Å²) in [5.74, 6) is 0.0885. The molecule has 22 heavy (non-hydrogen) atoms. The van der Waals surface area contributed by atoms with Gasteiger partial charge in [0, 0.05) is 19.0 Å². The molecule has 4 nitrogen and oxygen atoms in total. The first-order chi connectivity index (χ1) is 10.3. The van der Waals surface area contributed by atoms with Crippen molar-refractivity contribution in [3.05, 3.63) is 34.9 Å². The monoisotopic (exact) mass is 305 g/mol. The molecule has 1 saturated carbocycles. The Morgan fingerprint density at radius 1 is 1.18 bits per heavy atom. The average Bonchev–Trinajstić information content (AvgIpc) is 3.27. The van der Waals surface area contributed by atoms with Gasteiger partial charge in [0.15, 0.2) is 0 Å². The maximum atomic E-state index is 12.9. The Kier molecular flexibility index (Phi) is 4.64. The van der Waals surface area contributed by atoms with E-state index in [-0.39, 0.29) is 19.1 Å². The van der Waals surface area contributed by atoms with Crippen LogP contribution in [0.4, 0.5) is 0 Å². The molecule has 1 amide bonds. The summed E-state index contributed by atoms with van der Waals surface area (Å²) in [4.78, 5) is 14.6. The molecule has 1 aliphatic rings. The normalized spacial score (nSPS) is 16.5. The van der Waals surface area contributed by atoms with Crippen LogP contribution in [0.15, 0.2) is 18.2 Å². The maximum absolute atomic E-state index is 12.9. The number of amides is 1. The Hall–Kier alpha value is -1.39. The van der Waals surface area contributed by atoms with Gasteiger partial charge in [-0.25, -0.2) is 0 Å². The van der Waals surface area contributed by atoms with E-state index in [4.69, 9.17) is 0 Å². The summed E-state index contributed by atoms with van der Waals surface area (Å²) in [6, 6.07) is 6.31. The van der Waals surface area contributed by atoms with E-state index in [1.54, 1.807) is 18.9 Å². The average molecular weight is 305 g/mol. The molecule has 2 N–H and O–H groups in total. The zero-order valence-corrected chi connectivity index (χ0v) is 14.0. The van der Waals surface area contributed by atoms with Crippen LogP contribution < -0.4 is 0 Å². The van der Waals surface area contributed by atoms with Gasteiger partial charge in [-0.3, -0.25) is 4.79 Å². The Labute approximate surface area is 132 Å². The van der Waals surface area contributed by atoms with E-state index in [9.17, 15) is 15.0 Å². The van der Waals surface area contributed by atoms with Gasteiger partial charge in [-0.05, 0) is 32.3 Å². The third kappa shape index (κ3) is 3.18. The summed E-state index contributed by atoms with van der Waals surface area (Å²) in [6.07, 6.45) is 1.74. The lowest BCUT2D eigenvalue weighted by Gasteiger charge is -2.32. The van der Waals surface area contributed by atoms with Crippen molar-refractivity contribution in [3.63, 3.8) is 0 Å². The first-order valence-corrected chi connectivity index (χ1v) is 7.82. The SMILES string of the molecule is Cc1cc(C)cc(C2(C(=O)N(C)CC(C)(CO)CO)CC2)c1. The molecule has 0 radical (unpaired) electrons. The van der Waals surface area contributed by atoms with Crippen LogP contribution in [0.5, 0.6) is 0 Å². The minimum atomic E-state index is -0.664. The Morgan fingerprint density at radius 2 is 1.68 bits per heavy atom. The fraction of sp³-hybridized carbons (Fsp3) is 0.611. The second-order valence-corrected chi connectivity index (χ2v) is 7.25. The highest BCUT2D eigenvalue weighted by molar-refractivity contribution is 5.91. The number of hydrogen-bond donors (Lipinski definition) is 2. The van der Waals surface area contributed by atoms with Crippen LogP contribution in [0.25, 0.3) is 0 Å². The molecule has 2 rings (SSSR count).